The van der Waals surface area contributed by atoms with Gasteiger partial charge in [0.25, 0.3) is 0 Å². The van der Waals surface area contributed by atoms with Crippen molar-refractivity contribution in [1.82, 2.24) is 4.90 Å². The molecule has 3 rings (SSSR count). The molecule has 40 heavy (non-hydrogen) atoms. The van der Waals surface area contributed by atoms with Crippen LogP contribution < -0.4 is 14.2 Å². The minimum atomic E-state index is -1.05. The van der Waals surface area contributed by atoms with Gasteiger partial charge in [-0.15, -0.1) is 0 Å². The van der Waals surface area contributed by atoms with Crippen molar-refractivity contribution in [3.63, 3.8) is 0 Å². The van der Waals surface area contributed by atoms with Crippen LogP contribution in [-0.2, 0) is 0 Å². The van der Waals surface area contributed by atoms with Crippen molar-refractivity contribution in [3.8, 4) is 17.2 Å². The molecule has 10 heteroatoms. The summed E-state index contributed by atoms with van der Waals surface area (Å²) in [5.74, 6) is -2.20. The highest BCUT2D eigenvalue weighted by atomic mass is 16.5. The largest absolute Gasteiger partial charge is 0.493 e. The number of carboxylic acids is 3. The number of para-hydroxylation sites is 3. The third kappa shape index (κ3) is 9.32. The molecule has 0 unspecified atom stereocenters. The lowest BCUT2D eigenvalue weighted by Gasteiger charge is -2.23. The van der Waals surface area contributed by atoms with E-state index in [1.54, 1.807) is 54.6 Å². The number of aromatic carboxylic acids is 3. The Hall–Kier alpha value is -4.57. The highest BCUT2D eigenvalue weighted by molar-refractivity contribution is 5.91. The van der Waals surface area contributed by atoms with E-state index in [0.717, 1.165) is 0 Å². The summed E-state index contributed by atoms with van der Waals surface area (Å²) in [7, 11) is 0. The highest BCUT2D eigenvalue weighted by Crippen LogP contribution is 2.20. The van der Waals surface area contributed by atoms with Crippen molar-refractivity contribution in [2.24, 2.45) is 0 Å². The average Bonchev–Trinajstić information content (AvgIpc) is 2.95. The molecule has 0 aromatic heterocycles. The van der Waals surface area contributed by atoms with Gasteiger partial charge in [0.15, 0.2) is 0 Å². The second-order valence-electron chi connectivity index (χ2n) is 8.85. The van der Waals surface area contributed by atoms with Gasteiger partial charge in [-0.3, -0.25) is 0 Å². The summed E-state index contributed by atoms with van der Waals surface area (Å²) in [4.78, 5) is 36.4. The Bertz CT molecular complexity index is 1120. The van der Waals surface area contributed by atoms with Crippen LogP contribution in [0.15, 0.2) is 72.8 Å². The highest BCUT2D eigenvalue weighted by Gasteiger charge is 2.13. The third-order valence-electron chi connectivity index (χ3n) is 5.98. The Labute approximate surface area is 232 Å². The Morgan fingerprint density at radius 3 is 1.05 bits per heavy atom. The van der Waals surface area contributed by atoms with Crippen molar-refractivity contribution in [3.05, 3.63) is 89.5 Å². The van der Waals surface area contributed by atoms with Gasteiger partial charge in [-0.05, 0) is 55.7 Å². The maximum Gasteiger partial charge on any atom is 0.339 e. The van der Waals surface area contributed by atoms with Gasteiger partial charge in [0, 0.05) is 19.6 Å². The summed E-state index contributed by atoms with van der Waals surface area (Å²) in [6.45, 7) is 2.95. The summed E-state index contributed by atoms with van der Waals surface area (Å²) >= 11 is 0. The van der Waals surface area contributed by atoms with Crippen LogP contribution in [0.1, 0.15) is 50.3 Å². The van der Waals surface area contributed by atoms with E-state index in [2.05, 4.69) is 4.90 Å². The van der Waals surface area contributed by atoms with Gasteiger partial charge in [-0.1, -0.05) is 36.4 Å². The fraction of sp³-hybridized carbons (Fsp3) is 0.300. The first kappa shape index (κ1) is 30.0. The summed E-state index contributed by atoms with van der Waals surface area (Å²) in [5, 5.41) is 28.0. The van der Waals surface area contributed by atoms with E-state index in [1.807, 2.05) is 0 Å². The van der Waals surface area contributed by atoms with E-state index in [4.69, 9.17) is 14.2 Å². The maximum atomic E-state index is 11.4. The molecule has 0 fully saturated rings. The molecular weight excluding hydrogens is 518 g/mol. The molecule has 3 aromatic rings. The molecule has 0 saturated carbocycles. The second kappa shape index (κ2) is 15.7. The van der Waals surface area contributed by atoms with E-state index >= 15 is 0 Å². The second-order valence-corrected chi connectivity index (χ2v) is 8.85. The molecule has 0 bridgehead atoms. The first-order valence-corrected chi connectivity index (χ1v) is 12.9. The van der Waals surface area contributed by atoms with Crippen molar-refractivity contribution >= 4 is 17.9 Å². The molecule has 0 amide bonds. The molecule has 0 atom stereocenters. The van der Waals surface area contributed by atoms with Gasteiger partial charge >= 0.3 is 17.9 Å². The third-order valence-corrected chi connectivity index (χ3v) is 5.98. The molecule has 3 aromatic carbocycles. The number of hydrogen-bond donors (Lipinski definition) is 3. The van der Waals surface area contributed by atoms with Gasteiger partial charge in [-0.2, -0.15) is 0 Å². The molecule has 0 aliphatic rings. The van der Waals surface area contributed by atoms with E-state index in [1.165, 1.54) is 18.2 Å². The topological polar surface area (TPSA) is 143 Å². The monoisotopic (exact) mass is 551 g/mol. The minimum Gasteiger partial charge on any atom is -0.493 e. The number of nitrogens with zero attached hydrogens (tertiary/aromatic N) is 1. The predicted molar refractivity (Wildman–Crippen MR) is 147 cm³/mol. The number of carbonyl (C=O) groups is 3. The quantitative estimate of drug-likeness (QED) is 0.189. The Morgan fingerprint density at radius 1 is 0.500 bits per heavy atom. The fourth-order valence-corrected chi connectivity index (χ4v) is 4.05. The van der Waals surface area contributed by atoms with Gasteiger partial charge in [0.05, 0.1) is 19.8 Å². The van der Waals surface area contributed by atoms with Crippen LogP contribution in [0.25, 0.3) is 0 Å². The first-order chi connectivity index (χ1) is 19.4. The predicted octanol–water partition coefficient (Wildman–Crippen LogP) is 4.79. The fourth-order valence-electron chi connectivity index (χ4n) is 4.05. The van der Waals surface area contributed by atoms with Crippen molar-refractivity contribution < 1.29 is 43.9 Å². The lowest BCUT2D eigenvalue weighted by Crippen LogP contribution is -2.30. The van der Waals surface area contributed by atoms with Crippen LogP contribution in [0, 0.1) is 0 Å². The zero-order chi connectivity index (χ0) is 28.7. The summed E-state index contributed by atoms with van der Waals surface area (Å²) in [5.41, 5.74) is 0.325. The number of rotatable bonds is 18. The van der Waals surface area contributed by atoms with E-state index in [9.17, 15) is 29.7 Å². The molecule has 0 heterocycles. The molecule has 0 aliphatic carbocycles. The van der Waals surface area contributed by atoms with Crippen LogP contribution in [-0.4, -0.2) is 77.6 Å². The zero-order valence-electron chi connectivity index (χ0n) is 22.0. The SMILES string of the molecule is O=C(O)c1ccccc1OCCCN(CCCOc1ccccc1C(=O)O)CCCOc1ccccc1C(=O)O. The van der Waals surface area contributed by atoms with Crippen molar-refractivity contribution in [2.45, 2.75) is 19.3 Å². The molecule has 0 saturated heterocycles. The molecule has 0 spiro atoms. The van der Waals surface area contributed by atoms with Crippen LogP contribution in [0.5, 0.6) is 17.2 Å². The summed E-state index contributed by atoms with van der Waals surface area (Å²) in [6.07, 6.45) is 1.91. The van der Waals surface area contributed by atoms with Crippen molar-refractivity contribution in [1.29, 1.82) is 0 Å². The number of carboxylic acid groups (broad SMARTS) is 3. The smallest absolute Gasteiger partial charge is 0.339 e. The zero-order valence-corrected chi connectivity index (χ0v) is 22.0. The molecule has 10 nitrogen and oxygen atoms in total. The molecular formula is C30H33NO9. The standard InChI is InChI=1S/C30H33NO9/c32-28(33)22-10-1-4-13-25(22)38-19-7-16-31(17-8-20-39-26-14-5-2-11-23(26)29(34)35)18-9-21-40-27-15-6-3-12-24(27)30(36)37/h1-6,10-15H,7-9,16-21H2,(H,32,33)(H,34,35)(H,36,37). The molecule has 3 N–H and O–H groups in total. The average molecular weight is 552 g/mol. The maximum absolute atomic E-state index is 11.4. The van der Waals surface area contributed by atoms with Gasteiger partial charge in [0.1, 0.15) is 33.9 Å². The normalized spacial score (nSPS) is 10.7. The minimum absolute atomic E-state index is 0.108. The number of benzene rings is 3. The Morgan fingerprint density at radius 2 is 0.775 bits per heavy atom. The van der Waals surface area contributed by atoms with E-state index in [0.29, 0.717) is 76.0 Å². The Kier molecular flexibility index (Phi) is 11.8. The van der Waals surface area contributed by atoms with Gasteiger partial charge in [0.2, 0.25) is 0 Å². The molecule has 212 valence electrons. The summed E-state index contributed by atoms with van der Waals surface area (Å²) in [6, 6.07) is 19.5. The van der Waals surface area contributed by atoms with E-state index < -0.39 is 17.9 Å². The molecule has 0 aliphatic heterocycles. The van der Waals surface area contributed by atoms with Gasteiger partial charge < -0.3 is 34.4 Å². The summed E-state index contributed by atoms with van der Waals surface area (Å²) < 4.78 is 17.2. The molecule has 0 radical (unpaired) electrons. The number of ether oxygens (including phenoxy) is 3. The van der Waals surface area contributed by atoms with Crippen LogP contribution in [0.3, 0.4) is 0 Å². The Balaban J connectivity index is 1.51. The van der Waals surface area contributed by atoms with Crippen LogP contribution in [0.2, 0.25) is 0 Å². The lowest BCUT2D eigenvalue weighted by atomic mass is 10.2. The van der Waals surface area contributed by atoms with E-state index in [-0.39, 0.29) is 16.7 Å². The number of hydrogen-bond acceptors (Lipinski definition) is 7. The lowest BCUT2D eigenvalue weighted by molar-refractivity contribution is 0.0681. The van der Waals surface area contributed by atoms with Crippen molar-refractivity contribution in [2.75, 3.05) is 39.5 Å². The van der Waals surface area contributed by atoms with Crippen LogP contribution >= 0.6 is 0 Å². The van der Waals surface area contributed by atoms with Crippen LogP contribution in [0.4, 0.5) is 0 Å². The van der Waals surface area contributed by atoms with Gasteiger partial charge in [-0.25, -0.2) is 14.4 Å². The first-order valence-electron chi connectivity index (χ1n) is 12.9.